The molecule has 3 aromatic rings. The summed E-state index contributed by atoms with van der Waals surface area (Å²) in [6.45, 7) is 1.64. The van der Waals surface area contributed by atoms with Crippen molar-refractivity contribution in [2.45, 2.75) is 69.4 Å². The molecule has 1 saturated carbocycles. The summed E-state index contributed by atoms with van der Waals surface area (Å²) >= 11 is 0. The molecule has 0 radical (unpaired) electrons. The van der Waals surface area contributed by atoms with Crippen molar-refractivity contribution in [1.82, 2.24) is 10.3 Å². The van der Waals surface area contributed by atoms with E-state index in [2.05, 4.69) is 26.6 Å². The van der Waals surface area contributed by atoms with Crippen molar-refractivity contribution in [3.05, 3.63) is 78.0 Å². The van der Waals surface area contributed by atoms with Gasteiger partial charge >= 0.3 is 6.18 Å². The summed E-state index contributed by atoms with van der Waals surface area (Å²) in [5.74, 6) is 0.839. The van der Waals surface area contributed by atoms with Gasteiger partial charge in [-0.1, -0.05) is 31.0 Å². The number of piperidine rings is 1. The molecule has 8 heteroatoms. The van der Waals surface area contributed by atoms with Gasteiger partial charge in [-0.05, 0) is 84.8 Å². The molecule has 1 aliphatic carbocycles. The molecule has 2 heterocycles. The van der Waals surface area contributed by atoms with E-state index in [0.29, 0.717) is 6.04 Å². The largest absolute Gasteiger partial charge is 0.416 e. The lowest BCUT2D eigenvalue weighted by Gasteiger charge is -2.40. The number of aliphatic hydroxyl groups is 1. The van der Waals surface area contributed by atoms with Gasteiger partial charge in [0.05, 0.1) is 12.2 Å². The normalized spacial score (nSPS) is 22.3. The highest BCUT2D eigenvalue weighted by atomic mass is 19.4. The quantitative estimate of drug-likeness (QED) is 0.342. The maximum atomic E-state index is 13.0. The van der Waals surface area contributed by atoms with Crippen molar-refractivity contribution in [2.24, 2.45) is 0 Å². The summed E-state index contributed by atoms with van der Waals surface area (Å²) in [4.78, 5) is 6.77. The number of nitrogens with one attached hydrogen (secondary N) is 2. The van der Waals surface area contributed by atoms with Crippen LogP contribution in [0.25, 0.3) is 11.1 Å². The summed E-state index contributed by atoms with van der Waals surface area (Å²) in [6.07, 6.45) is 4.02. The summed E-state index contributed by atoms with van der Waals surface area (Å²) in [5, 5.41) is 17.1. The molecular weight excluding hydrogens is 489 g/mol. The lowest BCUT2D eigenvalue weighted by molar-refractivity contribution is -0.137. The highest BCUT2D eigenvalue weighted by Gasteiger charge is 2.32. The van der Waals surface area contributed by atoms with E-state index in [1.165, 1.54) is 18.6 Å². The van der Waals surface area contributed by atoms with Crippen molar-refractivity contribution in [1.29, 1.82) is 0 Å². The molecule has 1 saturated heterocycles. The molecule has 3 atom stereocenters. The molecule has 3 N–H and O–H groups in total. The van der Waals surface area contributed by atoms with E-state index >= 15 is 0 Å². The smallest absolute Gasteiger partial charge is 0.392 e. The zero-order chi connectivity index (χ0) is 26.5. The molecule has 0 amide bonds. The molecule has 2 aromatic carbocycles. The molecule has 2 fully saturated rings. The lowest BCUT2D eigenvalue weighted by atomic mass is 9.89. The van der Waals surface area contributed by atoms with Gasteiger partial charge in [0.25, 0.3) is 0 Å². The molecule has 38 heavy (non-hydrogen) atoms. The summed E-state index contributed by atoms with van der Waals surface area (Å²) in [7, 11) is 0. The van der Waals surface area contributed by atoms with Crippen LogP contribution in [-0.4, -0.2) is 41.3 Å². The number of nitrogens with zero attached hydrogens (tertiary/aromatic N) is 2. The number of rotatable bonds is 7. The predicted octanol–water partition coefficient (Wildman–Crippen LogP) is 6.24. The van der Waals surface area contributed by atoms with Gasteiger partial charge < -0.3 is 20.6 Å². The van der Waals surface area contributed by atoms with E-state index in [9.17, 15) is 18.3 Å². The minimum Gasteiger partial charge on any atom is -0.392 e. The Kier molecular flexibility index (Phi) is 8.19. The SMILES string of the molecule is OCc1cccc(-c2ccnc(N[C@@H]3CCCC[C@H]3N[C@H]3CCCN(c4ccc(C(F)(F)F)cc4)C3)c2)c1. The second-order valence-electron chi connectivity index (χ2n) is 10.4. The van der Waals surface area contributed by atoms with Crippen LogP contribution in [0.1, 0.15) is 49.7 Å². The Morgan fingerprint density at radius 2 is 1.66 bits per heavy atom. The number of benzene rings is 2. The number of aromatic nitrogens is 1. The van der Waals surface area contributed by atoms with Gasteiger partial charge in [-0.15, -0.1) is 0 Å². The molecule has 5 rings (SSSR count). The van der Waals surface area contributed by atoms with E-state index < -0.39 is 11.7 Å². The fourth-order valence-corrected chi connectivity index (χ4v) is 5.74. The monoisotopic (exact) mass is 524 g/mol. The third-order valence-corrected chi connectivity index (χ3v) is 7.73. The second kappa shape index (κ2) is 11.7. The first-order chi connectivity index (χ1) is 18.4. The summed E-state index contributed by atoms with van der Waals surface area (Å²) in [5.41, 5.74) is 3.21. The zero-order valence-corrected chi connectivity index (χ0v) is 21.4. The zero-order valence-electron chi connectivity index (χ0n) is 21.4. The Morgan fingerprint density at radius 1 is 0.895 bits per heavy atom. The molecule has 0 bridgehead atoms. The van der Waals surface area contributed by atoms with Crippen LogP contribution in [-0.2, 0) is 12.8 Å². The Balaban J connectivity index is 1.23. The van der Waals surface area contributed by atoms with Crippen LogP contribution in [0.5, 0.6) is 0 Å². The fraction of sp³-hybridized carbons (Fsp3) is 0.433. The molecule has 5 nitrogen and oxygen atoms in total. The number of hydrogen-bond donors (Lipinski definition) is 3. The first kappa shape index (κ1) is 26.5. The highest BCUT2D eigenvalue weighted by molar-refractivity contribution is 5.67. The van der Waals surface area contributed by atoms with Crippen LogP contribution in [0.3, 0.4) is 0 Å². The Bertz CT molecular complexity index is 1200. The third-order valence-electron chi connectivity index (χ3n) is 7.73. The summed E-state index contributed by atoms with van der Waals surface area (Å²) < 4.78 is 38.9. The molecule has 1 aliphatic heterocycles. The number of aliphatic hydroxyl groups excluding tert-OH is 1. The predicted molar refractivity (Wildman–Crippen MR) is 145 cm³/mol. The molecule has 202 valence electrons. The molecule has 2 aliphatic rings. The molecule has 1 aromatic heterocycles. The van der Waals surface area contributed by atoms with Gasteiger partial charge in [-0.25, -0.2) is 4.98 Å². The topological polar surface area (TPSA) is 60.4 Å². The van der Waals surface area contributed by atoms with Crippen molar-refractivity contribution in [3.63, 3.8) is 0 Å². The minimum atomic E-state index is -4.31. The van der Waals surface area contributed by atoms with E-state index in [4.69, 9.17) is 0 Å². The van der Waals surface area contributed by atoms with Crippen molar-refractivity contribution >= 4 is 11.5 Å². The number of halogens is 3. The maximum absolute atomic E-state index is 13.0. The number of anilines is 2. The highest BCUT2D eigenvalue weighted by Crippen LogP contribution is 2.32. The van der Waals surface area contributed by atoms with Crippen LogP contribution in [0.15, 0.2) is 66.9 Å². The average Bonchev–Trinajstić information content (AvgIpc) is 2.94. The Labute approximate surface area is 222 Å². The van der Waals surface area contributed by atoms with Gasteiger partial charge in [0, 0.05) is 43.1 Å². The van der Waals surface area contributed by atoms with Crippen molar-refractivity contribution in [3.8, 4) is 11.1 Å². The van der Waals surface area contributed by atoms with Gasteiger partial charge in [0.15, 0.2) is 0 Å². The van der Waals surface area contributed by atoms with Gasteiger partial charge in [-0.3, -0.25) is 0 Å². The van der Waals surface area contributed by atoms with Crippen molar-refractivity contribution in [2.75, 3.05) is 23.3 Å². The van der Waals surface area contributed by atoms with Crippen LogP contribution >= 0.6 is 0 Å². The van der Waals surface area contributed by atoms with Gasteiger partial charge in [-0.2, -0.15) is 13.2 Å². The molecular formula is C30H35F3N4O. The molecule has 0 spiro atoms. The number of pyridine rings is 1. The first-order valence-corrected chi connectivity index (χ1v) is 13.5. The molecule has 0 unspecified atom stereocenters. The standard InChI is InChI=1S/C30H35F3N4O/c31-30(32,33)24-10-12-26(13-11-24)37-16-4-7-25(19-37)35-27-8-1-2-9-28(27)36-29-18-23(14-15-34-29)22-6-3-5-21(17-22)20-38/h3,5-6,10-15,17-18,25,27-28,35,38H,1-2,4,7-9,16,19-20H2,(H,34,36)/t25-,27+,28+/m0/s1. The van der Waals surface area contributed by atoms with Crippen LogP contribution in [0.4, 0.5) is 24.7 Å². The number of alkyl halides is 3. The fourth-order valence-electron chi connectivity index (χ4n) is 5.74. The van der Waals surface area contributed by atoms with Gasteiger partial charge in [0.2, 0.25) is 0 Å². The van der Waals surface area contributed by atoms with E-state index in [0.717, 1.165) is 73.4 Å². The van der Waals surface area contributed by atoms with E-state index in [1.54, 1.807) is 12.1 Å². The lowest BCUT2D eigenvalue weighted by Crippen LogP contribution is -2.55. The number of hydrogen-bond acceptors (Lipinski definition) is 5. The Morgan fingerprint density at radius 3 is 2.42 bits per heavy atom. The van der Waals surface area contributed by atoms with Gasteiger partial charge in [0.1, 0.15) is 5.82 Å². The van der Waals surface area contributed by atoms with E-state index in [-0.39, 0.29) is 18.7 Å². The second-order valence-corrected chi connectivity index (χ2v) is 10.4. The first-order valence-electron chi connectivity index (χ1n) is 13.5. The Hall–Kier alpha value is -3.10. The summed E-state index contributed by atoms with van der Waals surface area (Å²) in [6, 6.07) is 18.3. The van der Waals surface area contributed by atoms with Crippen LogP contribution in [0.2, 0.25) is 0 Å². The maximum Gasteiger partial charge on any atom is 0.416 e. The average molecular weight is 525 g/mol. The van der Waals surface area contributed by atoms with Crippen LogP contribution < -0.4 is 15.5 Å². The van der Waals surface area contributed by atoms with E-state index in [1.807, 2.05) is 36.5 Å². The third kappa shape index (κ3) is 6.48. The van der Waals surface area contributed by atoms with Crippen molar-refractivity contribution < 1.29 is 18.3 Å². The minimum absolute atomic E-state index is 0.0108. The van der Waals surface area contributed by atoms with Crippen LogP contribution in [0, 0.1) is 0 Å².